The maximum Gasteiger partial charge on any atom is 0.230 e. The number of nitrogens with zero attached hydrogens (tertiary/aromatic N) is 1. The number of carbonyl (C=O) groups is 1. The molecule has 0 heterocycles. The van der Waals surface area contributed by atoms with Crippen molar-refractivity contribution in [3.8, 4) is 0 Å². The fourth-order valence-corrected chi connectivity index (χ4v) is 2.85. The molecule has 0 aliphatic heterocycles. The van der Waals surface area contributed by atoms with Gasteiger partial charge in [0.1, 0.15) is 0 Å². The summed E-state index contributed by atoms with van der Waals surface area (Å²) in [6, 6.07) is 6.34. The summed E-state index contributed by atoms with van der Waals surface area (Å²) in [4.78, 5) is 14.5. The van der Waals surface area contributed by atoms with Gasteiger partial charge in [-0.3, -0.25) is 4.79 Å². The SMILES string of the molecule is CCN(C(=O)C1CCCC1)c1cc(C)ccc1C. The van der Waals surface area contributed by atoms with Crippen molar-refractivity contribution in [1.29, 1.82) is 0 Å². The Hall–Kier alpha value is -1.31. The molecule has 2 heteroatoms. The van der Waals surface area contributed by atoms with E-state index >= 15 is 0 Å². The Morgan fingerprint density at radius 2 is 1.94 bits per heavy atom. The molecule has 2 rings (SSSR count). The first kappa shape index (κ1) is 13.1. The highest BCUT2D eigenvalue weighted by Gasteiger charge is 2.27. The van der Waals surface area contributed by atoms with Gasteiger partial charge in [-0.1, -0.05) is 25.0 Å². The van der Waals surface area contributed by atoms with Gasteiger partial charge in [0.05, 0.1) is 0 Å². The second-order valence-electron chi connectivity index (χ2n) is 5.35. The molecule has 0 atom stereocenters. The van der Waals surface area contributed by atoms with E-state index in [0.29, 0.717) is 5.91 Å². The molecule has 98 valence electrons. The lowest BCUT2D eigenvalue weighted by molar-refractivity contribution is -0.122. The molecule has 1 aliphatic carbocycles. The second-order valence-corrected chi connectivity index (χ2v) is 5.35. The Kier molecular flexibility index (Phi) is 4.05. The Labute approximate surface area is 110 Å². The van der Waals surface area contributed by atoms with E-state index in [-0.39, 0.29) is 5.92 Å². The van der Waals surface area contributed by atoms with Gasteiger partial charge in [0, 0.05) is 18.2 Å². The van der Waals surface area contributed by atoms with Gasteiger partial charge >= 0.3 is 0 Å². The molecule has 1 fully saturated rings. The summed E-state index contributed by atoms with van der Waals surface area (Å²) in [5, 5.41) is 0. The van der Waals surface area contributed by atoms with Gasteiger partial charge < -0.3 is 4.90 Å². The van der Waals surface area contributed by atoms with Crippen LogP contribution >= 0.6 is 0 Å². The molecule has 1 aromatic carbocycles. The highest BCUT2D eigenvalue weighted by molar-refractivity contribution is 5.95. The van der Waals surface area contributed by atoms with E-state index in [1.165, 1.54) is 24.0 Å². The number of anilines is 1. The van der Waals surface area contributed by atoms with Crippen LogP contribution in [-0.4, -0.2) is 12.5 Å². The van der Waals surface area contributed by atoms with Gasteiger partial charge in [-0.05, 0) is 50.8 Å². The van der Waals surface area contributed by atoms with Crippen molar-refractivity contribution < 1.29 is 4.79 Å². The summed E-state index contributed by atoms with van der Waals surface area (Å²) in [5.74, 6) is 0.577. The molecular weight excluding hydrogens is 222 g/mol. The molecule has 1 amide bonds. The Bertz CT molecular complexity index is 433. The third-order valence-electron chi connectivity index (χ3n) is 3.94. The molecule has 0 spiro atoms. The first-order valence-electron chi connectivity index (χ1n) is 7.02. The van der Waals surface area contributed by atoms with Gasteiger partial charge in [0.25, 0.3) is 0 Å². The summed E-state index contributed by atoms with van der Waals surface area (Å²) < 4.78 is 0. The van der Waals surface area contributed by atoms with Crippen LogP contribution in [0.3, 0.4) is 0 Å². The molecule has 0 radical (unpaired) electrons. The first-order chi connectivity index (χ1) is 8.63. The molecule has 0 saturated heterocycles. The zero-order chi connectivity index (χ0) is 13.1. The average molecular weight is 245 g/mol. The maximum atomic E-state index is 12.6. The van der Waals surface area contributed by atoms with Crippen molar-refractivity contribution in [3.05, 3.63) is 29.3 Å². The van der Waals surface area contributed by atoms with Crippen molar-refractivity contribution in [3.63, 3.8) is 0 Å². The number of benzene rings is 1. The fraction of sp³-hybridized carbons (Fsp3) is 0.562. The minimum atomic E-state index is 0.255. The largest absolute Gasteiger partial charge is 0.312 e. The van der Waals surface area contributed by atoms with E-state index in [1.807, 2.05) is 4.90 Å². The first-order valence-corrected chi connectivity index (χ1v) is 7.02. The number of amides is 1. The van der Waals surface area contributed by atoms with Crippen molar-refractivity contribution in [1.82, 2.24) is 0 Å². The smallest absolute Gasteiger partial charge is 0.230 e. The minimum absolute atomic E-state index is 0.255. The second kappa shape index (κ2) is 5.55. The number of hydrogen-bond acceptors (Lipinski definition) is 1. The van der Waals surface area contributed by atoms with E-state index in [2.05, 4.69) is 39.0 Å². The van der Waals surface area contributed by atoms with E-state index < -0.39 is 0 Å². The lowest BCUT2D eigenvalue weighted by atomic mass is 10.0. The van der Waals surface area contributed by atoms with Crippen molar-refractivity contribution >= 4 is 11.6 Å². The van der Waals surface area contributed by atoms with Gasteiger partial charge in [-0.2, -0.15) is 0 Å². The molecule has 0 bridgehead atoms. The number of rotatable bonds is 3. The predicted molar refractivity (Wildman–Crippen MR) is 75.9 cm³/mol. The topological polar surface area (TPSA) is 20.3 Å². The Balaban J connectivity index is 2.26. The molecule has 0 aromatic heterocycles. The van der Waals surface area contributed by atoms with E-state index in [9.17, 15) is 4.79 Å². The van der Waals surface area contributed by atoms with Crippen LogP contribution in [0.2, 0.25) is 0 Å². The van der Waals surface area contributed by atoms with E-state index in [4.69, 9.17) is 0 Å². The van der Waals surface area contributed by atoms with Crippen LogP contribution in [0.15, 0.2) is 18.2 Å². The third kappa shape index (κ3) is 2.58. The molecule has 1 aliphatic rings. The molecule has 0 N–H and O–H groups in total. The summed E-state index contributed by atoms with van der Waals surface area (Å²) in [6.07, 6.45) is 4.56. The van der Waals surface area contributed by atoms with Crippen LogP contribution in [0.4, 0.5) is 5.69 Å². The van der Waals surface area contributed by atoms with Gasteiger partial charge in [0.15, 0.2) is 0 Å². The van der Waals surface area contributed by atoms with Crippen molar-refractivity contribution in [2.45, 2.75) is 46.5 Å². The van der Waals surface area contributed by atoms with E-state index in [0.717, 1.165) is 25.1 Å². The highest BCUT2D eigenvalue weighted by atomic mass is 16.2. The molecule has 0 unspecified atom stereocenters. The average Bonchev–Trinajstić information content (AvgIpc) is 2.88. The summed E-state index contributed by atoms with van der Waals surface area (Å²) in [5.41, 5.74) is 3.50. The zero-order valence-corrected chi connectivity index (χ0v) is 11.7. The molecule has 18 heavy (non-hydrogen) atoms. The quantitative estimate of drug-likeness (QED) is 0.792. The van der Waals surface area contributed by atoms with Crippen molar-refractivity contribution in [2.75, 3.05) is 11.4 Å². The normalized spacial score (nSPS) is 15.9. The predicted octanol–water partition coefficient (Wildman–Crippen LogP) is 3.85. The molecule has 1 saturated carbocycles. The number of aryl methyl sites for hydroxylation is 2. The minimum Gasteiger partial charge on any atom is -0.312 e. The van der Waals surface area contributed by atoms with Gasteiger partial charge in [0.2, 0.25) is 5.91 Å². The maximum absolute atomic E-state index is 12.6. The van der Waals surface area contributed by atoms with Crippen LogP contribution in [0.5, 0.6) is 0 Å². The number of hydrogen-bond donors (Lipinski definition) is 0. The van der Waals surface area contributed by atoms with Crippen LogP contribution in [0.25, 0.3) is 0 Å². The van der Waals surface area contributed by atoms with Crippen LogP contribution in [0, 0.1) is 19.8 Å². The fourth-order valence-electron chi connectivity index (χ4n) is 2.85. The number of carbonyl (C=O) groups excluding carboxylic acids is 1. The van der Waals surface area contributed by atoms with Gasteiger partial charge in [-0.15, -0.1) is 0 Å². The Morgan fingerprint density at radius 3 is 2.56 bits per heavy atom. The van der Waals surface area contributed by atoms with E-state index in [1.54, 1.807) is 0 Å². The highest BCUT2D eigenvalue weighted by Crippen LogP contribution is 2.30. The van der Waals surface area contributed by atoms with Crippen LogP contribution in [0.1, 0.15) is 43.7 Å². The summed E-state index contributed by atoms with van der Waals surface area (Å²) in [6.45, 7) is 6.99. The monoisotopic (exact) mass is 245 g/mol. The van der Waals surface area contributed by atoms with Gasteiger partial charge in [-0.25, -0.2) is 0 Å². The van der Waals surface area contributed by atoms with Crippen LogP contribution in [-0.2, 0) is 4.79 Å². The Morgan fingerprint density at radius 1 is 1.28 bits per heavy atom. The van der Waals surface area contributed by atoms with Crippen LogP contribution < -0.4 is 4.90 Å². The molecular formula is C16H23NO. The lowest BCUT2D eigenvalue weighted by Crippen LogP contribution is -2.35. The third-order valence-corrected chi connectivity index (χ3v) is 3.94. The zero-order valence-electron chi connectivity index (χ0n) is 11.7. The standard InChI is InChI=1S/C16H23NO/c1-4-17(16(18)14-7-5-6-8-14)15-11-12(2)9-10-13(15)3/h9-11,14H,4-8H2,1-3H3. The molecule has 1 aromatic rings. The lowest BCUT2D eigenvalue weighted by Gasteiger charge is -2.26. The summed E-state index contributed by atoms with van der Waals surface area (Å²) >= 11 is 0. The summed E-state index contributed by atoms with van der Waals surface area (Å²) in [7, 11) is 0. The van der Waals surface area contributed by atoms with Crippen molar-refractivity contribution in [2.24, 2.45) is 5.92 Å². The molecule has 2 nitrogen and oxygen atoms in total.